The van der Waals surface area contributed by atoms with Crippen LogP contribution in [-0.2, 0) is 19.1 Å². The molecule has 2 aromatic rings. The van der Waals surface area contributed by atoms with E-state index < -0.39 is 0 Å². The molecule has 2 fully saturated rings. The second-order valence-electron chi connectivity index (χ2n) is 9.86. The number of benzene rings is 2. The molecule has 0 amide bonds. The Balaban J connectivity index is 0.000000191. The number of ether oxygens (including phenoxy) is 2. The first-order chi connectivity index (χ1) is 16.3. The van der Waals surface area contributed by atoms with Crippen LogP contribution in [-0.4, -0.2) is 31.3 Å². The minimum Gasteiger partial charge on any atom is -0.508 e. The highest BCUT2D eigenvalue weighted by atomic mass is 16.5. The van der Waals surface area contributed by atoms with Crippen molar-refractivity contribution in [3.05, 3.63) is 65.2 Å². The molecule has 5 nitrogen and oxygen atoms in total. The van der Waals surface area contributed by atoms with Crippen LogP contribution < -0.4 is 0 Å². The topological polar surface area (TPSA) is 72.8 Å². The molecule has 0 saturated heterocycles. The van der Waals surface area contributed by atoms with E-state index in [1.807, 2.05) is 26.0 Å². The summed E-state index contributed by atoms with van der Waals surface area (Å²) >= 11 is 0. The van der Waals surface area contributed by atoms with Crippen LogP contribution in [0.2, 0.25) is 0 Å². The van der Waals surface area contributed by atoms with Gasteiger partial charge in [0.05, 0.1) is 26.1 Å². The maximum absolute atomic E-state index is 11.7. The lowest BCUT2D eigenvalue weighted by atomic mass is 9.83. The van der Waals surface area contributed by atoms with Crippen LogP contribution in [0.4, 0.5) is 0 Å². The summed E-state index contributed by atoms with van der Waals surface area (Å²) in [5, 5.41) is 9.53. The number of hydrogen-bond donors (Lipinski definition) is 1. The highest BCUT2D eigenvalue weighted by molar-refractivity contribution is 5.73. The Morgan fingerprint density at radius 1 is 0.794 bits per heavy atom. The average Bonchev–Trinajstić information content (AvgIpc) is 3.74. The van der Waals surface area contributed by atoms with E-state index in [9.17, 15) is 14.7 Å². The molecular weight excluding hydrogens is 428 g/mol. The molecule has 0 aliphatic heterocycles. The number of rotatable bonds is 8. The van der Waals surface area contributed by atoms with Crippen LogP contribution in [0.3, 0.4) is 0 Å². The van der Waals surface area contributed by atoms with Gasteiger partial charge in [0.1, 0.15) is 5.75 Å². The van der Waals surface area contributed by atoms with Gasteiger partial charge in [0.15, 0.2) is 0 Å². The highest BCUT2D eigenvalue weighted by Crippen LogP contribution is 2.48. The van der Waals surface area contributed by atoms with Crippen molar-refractivity contribution >= 4 is 11.9 Å². The third-order valence-electron chi connectivity index (χ3n) is 7.17. The monoisotopic (exact) mass is 466 g/mol. The zero-order valence-corrected chi connectivity index (χ0v) is 21.0. The molecule has 0 aromatic heterocycles. The molecule has 0 radical (unpaired) electrons. The third-order valence-corrected chi connectivity index (χ3v) is 7.17. The van der Waals surface area contributed by atoms with Crippen molar-refractivity contribution in [2.24, 2.45) is 23.7 Å². The first-order valence-electron chi connectivity index (χ1n) is 12.3. The zero-order chi connectivity index (χ0) is 24.8. The number of phenolic OH excluding ortho intramolecular Hbond substituents is 1. The molecule has 34 heavy (non-hydrogen) atoms. The van der Waals surface area contributed by atoms with Crippen molar-refractivity contribution in [1.29, 1.82) is 0 Å². The SMILES string of the molecule is COC(=O)[C@@H](C)[C@H](c1cccc(C)c1)C1CC1.COC(=O)[C@@H](C)[C@H](c1cccc(O)c1)C1CC1. The summed E-state index contributed by atoms with van der Waals surface area (Å²) < 4.78 is 9.70. The average molecular weight is 467 g/mol. The summed E-state index contributed by atoms with van der Waals surface area (Å²) in [6.45, 7) is 5.98. The summed E-state index contributed by atoms with van der Waals surface area (Å²) in [6.07, 6.45) is 4.78. The minimum absolute atomic E-state index is 0.0469. The largest absolute Gasteiger partial charge is 0.508 e. The second-order valence-corrected chi connectivity index (χ2v) is 9.86. The van der Waals surface area contributed by atoms with Crippen molar-refractivity contribution in [2.75, 3.05) is 14.2 Å². The zero-order valence-electron chi connectivity index (χ0n) is 21.0. The first kappa shape index (κ1) is 25.8. The molecule has 2 aromatic carbocycles. The van der Waals surface area contributed by atoms with Crippen LogP contribution in [0.1, 0.15) is 68.1 Å². The smallest absolute Gasteiger partial charge is 0.309 e. The van der Waals surface area contributed by atoms with Crippen LogP contribution >= 0.6 is 0 Å². The van der Waals surface area contributed by atoms with Crippen molar-refractivity contribution in [3.63, 3.8) is 0 Å². The van der Waals surface area contributed by atoms with Crippen LogP contribution in [0.15, 0.2) is 48.5 Å². The Labute approximate surface area is 203 Å². The number of carbonyl (C=O) groups is 2. The van der Waals surface area contributed by atoms with Gasteiger partial charge in [-0.25, -0.2) is 0 Å². The van der Waals surface area contributed by atoms with E-state index >= 15 is 0 Å². The first-order valence-corrected chi connectivity index (χ1v) is 12.3. The van der Waals surface area contributed by atoms with Crippen molar-refractivity contribution in [1.82, 2.24) is 0 Å². The maximum atomic E-state index is 11.7. The van der Waals surface area contributed by atoms with Crippen LogP contribution in [0.5, 0.6) is 5.75 Å². The summed E-state index contributed by atoms with van der Waals surface area (Å²) in [5.41, 5.74) is 3.57. The number of aromatic hydroxyl groups is 1. The van der Waals surface area contributed by atoms with Gasteiger partial charge in [-0.05, 0) is 79.5 Å². The lowest BCUT2D eigenvalue weighted by Gasteiger charge is -2.22. The number of aryl methyl sites for hydroxylation is 1. The van der Waals surface area contributed by atoms with Gasteiger partial charge in [0.2, 0.25) is 0 Å². The molecule has 2 aliphatic rings. The fourth-order valence-corrected chi connectivity index (χ4v) is 5.12. The van der Waals surface area contributed by atoms with Gasteiger partial charge < -0.3 is 14.6 Å². The van der Waals surface area contributed by atoms with E-state index in [0.29, 0.717) is 17.8 Å². The standard InChI is InChI=1S/C15H20O2.C14H18O3/c1-10-5-4-6-13(9-10)14(12-7-8-12)11(2)15(16)17-3;1-9(14(16)17-2)13(10-6-7-10)11-4-3-5-12(15)8-11/h4-6,9,11-12,14H,7-8H2,1-3H3;3-5,8-10,13,15H,6-7H2,1-2H3/t11-,14-;9-,13-/m00/s1. The van der Waals surface area contributed by atoms with Gasteiger partial charge >= 0.3 is 11.9 Å². The van der Waals surface area contributed by atoms with Crippen molar-refractivity contribution in [3.8, 4) is 5.75 Å². The quantitative estimate of drug-likeness (QED) is 0.484. The van der Waals surface area contributed by atoms with E-state index in [2.05, 4.69) is 31.2 Å². The number of esters is 2. The van der Waals surface area contributed by atoms with Crippen LogP contribution in [0, 0.1) is 30.6 Å². The molecule has 0 spiro atoms. The Morgan fingerprint density at radius 2 is 1.24 bits per heavy atom. The Bertz CT molecular complexity index is 896. The van der Waals surface area contributed by atoms with Crippen LogP contribution in [0.25, 0.3) is 0 Å². The van der Waals surface area contributed by atoms with Gasteiger partial charge in [0.25, 0.3) is 0 Å². The van der Waals surface area contributed by atoms with E-state index in [1.165, 1.54) is 38.2 Å². The minimum atomic E-state index is -0.176. The van der Waals surface area contributed by atoms with Gasteiger partial charge in [-0.3, -0.25) is 9.59 Å². The Morgan fingerprint density at radius 3 is 1.62 bits per heavy atom. The summed E-state index contributed by atoms with van der Waals surface area (Å²) in [6, 6.07) is 15.7. The Hall–Kier alpha value is -2.82. The fourth-order valence-electron chi connectivity index (χ4n) is 5.12. The second kappa shape index (κ2) is 11.5. The summed E-state index contributed by atoms with van der Waals surface area (Å²) in [7, 11) is 2.89. The molecule has 2 aliphatic carbocycles. The molecule has 4 rings (SSSR count). The molecule has 0 heterocycles. The van der Waals surface area contributed by atoms with Gasteiger partial charge in [0, 0.05) is 0 Å². The number of phenols is 1. The Kier molecular flexibility index (Phi) is 8.76. The van der Waals surface area contributed by atoms with Gasteiger partial charge in [-0.1, -0.05) is 55.8 Å². The van der Waals surface area contributed by atoms with E-state index in [0.717, 1.165) is 18.4 Å². The third kappa shape index (κ3) is 6.62. The van der Waals surface area contributed by atoms with E-state index in [-0.39, 0.29) is 35.4 Å². The normalized spacial score (nSPS) is 18.5. The molecule has 5 heteroatoms. The molecule has 0 bridgehead atoms. The number of hydrogen-bond acceptors (Lipinski definition) is 5. The molecular formula is C29H38O5. The predicted octanol–water partition coefficient (Wildman–Crippen LogP) is 5.99. The van der Waals surface area contributed by atoms with Gasteiger partial charge in [-0.15, -0.1) is 0 Å². The molecule has 1 N–H and O–H groups in total. The maximum Gasteiger partial charge on any atom is 0.309 e. The van der Waals surface area contributed by atoms with E-state index in [4.69, 9.17) is 9.47 Å². The summed E-state index contributed by atoms with van der Waals surface area (Å²) in [4.78, 5) is 23.4. The van der Waals surface area contributed by atoms with E-state index in [1.54, 1.807) is 12.1 Å². The highest BCUT2D eigenvalue weighted by Gasteiger charge is 2.40. The van der Waals surface area contributed by atoms with Crippen molar-refractivity contribution < 1.29 is 24.2 Å². The fraction of sp³-hybridized carbons (Fsp3) is 0.517. The lowest BCUT2D eigenvalue weighted by Crippen LogP contribution is -2.22. The number of methoxy groups -OCH3 is 2. The predicted molar refractivity (Wildman–Crippen MR) is 133 cm³/mol. The molecule has 184 valence electrons. The molecule has 2 saturated carbocycles. The number of carbonyl (C=O) groups excluding carboxylic acids is 2. The van der Waals surface area contributed by atoms with Crippen molar-refractivity contribution in [2.45, 2.75) is 58.3 Å². The lowest BCUT2D eigenvalue weighted by molar-refractivity contribution is -0.146. The molecule has 4 atom stereocenters. The van der Waals surface area contributed by atoms with Gasteiger partial charge in [-0.2, -0.15) is 0 Å². The summed E-state index contributed by atoms with van der Waals surface area (Å²) in [5.74, 6) is 1.47. The molecule has 0 unspecified atom stereocenters.